The highest BCUT2D eigenvalue weighted by atomic mass is 35.5. The highest BCUT2D eigenvalue weighted by Crippen LogP contribution is 2.46. The van der Waals surface area contributed by atoms with Crippen LogP contribution in [0, 0.1) is 20.8 Å². The number of carbonyl (C=O) groups is 8. The molecule has 10 rings (SSSR count). The van der Waals surface area contributed by atoms with Crippen molar-refractivity contribution in [2.45, 2.75) is 139 Å². The zero-order valence-electron chi connectivity index (χ0n) is 57.9. The van der Waals surface area contributed by atoms with Gasteiger partial charge in [-0.1, -0.05) is 187 Å². The Morgan fingerprint density at radius 1 is 0.455 bits per heavy atom. The third-order valence-corrected chi connectivity index (χ3v) is 16.7. The van der Waals surface area contributed by atoms with E-state index in [0.717, 1.165) is 62.9 Å². The van der Waals surface area contributed by atoms with Crippen LogP contribution < -0.4 is 31.3 Å². The number of nitrogens with one attached hydrogen (secondary N) is 5. The second-order valence-corrected chi connectivity index (χ2v) is 26.4. The Balaban J connectivity index is 0.000000209. The monoisotopic (exact) mass is 1350 g/mol. The third-order valence-electron chi connectivity index (χ3n) is 16.4. The van der Waals surface area contributed by atoms with E-state index in [0.29, 0.717) is 50.8 Å². The average Bonchev–Trinajstić information content (AvgIpc) is 1.61. The molecule has 0 saturated heterocycles. The normalized spacial score (nSPS) is 11.8. The lowest BCUT2D eigenvalue weighted by Gasteiger charge is -2.27. The van der Waals surface area contributed by atoms with Crippen LogP contribution in [-0.4, -0.2) is 47.3 Å². The first-order valence-electron chi connectivity index (χ1n) is 32.2. The first kappa shape index (κ1) is 77.2. The van der Waals surface area contributed by atoms with Gasteiger partial charge in [0.1, 0.15) is 11.4 Å². The van der Waals surface area contributed by atoms with Crippen molar-refractivity contribution in [3.63, 3.8) is 0 Å². The molecule has 5 N–H and O–H groups in total. The minimum atomic E-state index is -0.847. The molecular formula is C83H90ClN5O10. The lowest BCUT2D eigenvalue weighted by atomic mass is 9.92. The summed E-state index contributed by atoms with van der Waals surface area (Å²) in [5.74, 6) is 0.300. The molecule has 0 aliphatic heterocycles. The van der Waals surface area contributed by atoms with Crippen LogP contribution >= 0.6 is 11.6 Å². The molecule has 0 bridgehead atoms. The Kier molecular flexibility index (Phi) is 26.9. The first-order valence-corrected chi connectivity index (χ1v) is 32.6. The summed E-state index contributed by atoms with van der Waals surface area (Å²) in [6.07, 6.45) is 1.05. The average molecular weight is 1350 g/mol. The number of carbonyl (C=O) groups excluding carboxylic acids is 8. The van der Waals surface area contributed by atoms with E-state index < -0.39 is 28.9 Å². The Morgan fingerprint density at radius 3 is 1.43 bits per heavy atom. The fraction of sp³-hybridized carbons (Fsp3) is 0.253. The lowest BCUT2D eigenvalue weighted by molar-refractivity contribution is -0.122. The molecule has 1 aliphatic rings. The molecule has 0 aromatic heterocycles. The van der Waals surface area contributed by atoms with Gasteiger partial charge in [0.2, 0.25) is 5.91 Å². The summed E-state index contributed by atoms with van der Waals surface area (Å²) in [4.78, 5) is 95.3. The van der Waals surface area contributed by atoms with E-state index in [1.807, 2.05) is 164 Å². The maximum Gasteiger partial charge on any atom is 0.413 e. The van der Waals surface area contributed by atoms with Crippen LogP contribution in [0.5, 0.6) is 5.75 Å². The molecule has 16 heteroatoms. The number of rotatable bonds is 18. The van der Waals surface area contributed by atoms with Gasteiger partial charge < -0.3 is 30.7 Å². The molecule has 1 aliphatic carbocycles. The molecule has 15 nitrogen and oxygen atoms in total. The number of urea groups is 1. The Morgan fingerprint density at radius 2 is 0.919 bits per heavy atom. The molecule has 514 valence electrons. The van der Waals surface area contributed by atoms with E-state index in [1.54, 1.807) is 93.6 Å². The Labute approximate surface area is 587 Å². The number of halogens is 1. The van der Waals surface area contributed by atoms with Crippen molar-refractivity contribution >= 4 is 70.2 Å². The van der Waals surface area contributed by atoms with Crippen LogP contribution in [0.4, 0.5) is 25.8 Å². The number of hydrogen-bond donors (Lipinski definition) is 5. The molecule has 5 amide bonds. The van der Waals surface area contributed by atoms with Crippen molar-refractivity contribution in [2.75, 3.05) is 10.6 Å². The highest BCUT2D eigenvalue weighted by Gasteiger charge is 2.46. The van der Waals surface area contributed by atoms with E-state index >= 15 is 0 Å². The molecule has 0 unspecified atom stereocenters. The SMILES string of the molecule is C.CC(=O)c1cc(NC(=O)NC2(c3cccc(-c4ccccc4)c3)CC2)ccc1Cl.CC(=O)c1cccc(C(C)(C)NC(=O)Cc2ccc(C)cc2)c1.CC(=O)c1cccc(C(C)(C)NC(=O)Oc2ccc(C)cc2)c1.CC(=O)c1cccc(C(C)(C)OC(=O)Nc2ccc(C)cc2)c1. The molecule has 0 heterocycles. The standard InChI is InChI=1S/C24H21ClN2O2.C20H23NO2.2C19H21NO3.CH4/c1-16(28)21-15-20(10-11-22(21)25)26-23(29)27-24(12-13-24)19-9-5-8-18(14-19)17-6-3-2-4-7-17;1-14-8-10-16(11-9-14)12-19(23)21-20(3,4)18-7-5-6-17(13-18)15(2)22;1-13-8-10-17(11-9-13)23-18(22)20-19(3,4)16-7-5-6-15(12-16)14(2)21;1-13-8-10-17(11-9-13)20-18(22)23-19(3,4)16-7-5-6-15(12-16)14(2)21;/h2-11,14-15H,12-13H2,1H3,(H2,26,27,29);5-11,13H,12H2,1-4H3,(H,21,23);2*5-12H,1-4H3,(H,20,22);1H4. The number of ether oxygens (including phenoxy) is 2. The summed E-state index contributed by atoms with van der Waals surface area (Å²) in [6.45, 7) is 23.2. The quantitative estimate of drug-likeness (QED) is 0.0512. The zero-order valence-corrected chi connectivity index (χ0v) is 58.6. The molecule has 1 fully saturated rings. The third kappa shape index (κ3) is 23.2. The van der Waals surface area contributed by atoms with Crippen molar-refractivity contribution < 1.29 is 47.8 Å². The van der Waals surface area contributed by atoms with Gasteiger partial charge in [-0.15, -0.1) is 0 Å². The van der Waals surface area contributed by atoms with Crippen LogP contribution in [-0.2, 0) is 38.2 Å². The predicted molar refractivity (Wildman–Crippen MR) is 396 cm³/mol. The van der Waals surface area contributed by atoms with Gasteiger partial charge in [-0.25, -0.2) is 14.4 Å². The molecule has 99 heavy (non-hydrogen) atoms. The fourth-order valence-corrected chi connectivity index (χ4v) is 10.6. The second-order valence-electron chi connectivity index (χ2n) is 25.9. The van der Waals surface area contributed by atoms with Crippen LogP contribution in [0.1, 0.15) is 175 Å². The summed E-state index contributed by atoms with van der Waals surface area (Å²) in [5, 5.41) is 14.9. The van der Waals surface area contributed by atoms with Crippen LogP contribution in [0.25, 0.3) is 11.1 Å². The minimum absolute atomic E-state index is 0. The van der Waals surface area contributed by atoms with E-state index in [9.17, 15) is 38.4 Å². The van der Waals surface area contributed by atoms with E-state index in [2.05, 4.69) is 56.9 Å². The van der Waals surface area contributed by atoms with Gasteiger partial charge in [0.25, 0.3) is 0 Å². The second kappa shape index (κ2) is 34.4. The number of ketones is 4. The fourth-order valence-electron chi connectivity index (χ4n) is 10.4. The molecular weight excluding hydrogens is 1260 g/mol. The number of Topliss-reactive ketones (excluding diaryl/α,β-unsaturated/α-hetero) is 4. The molecule has 1 saturated carbocycles. The molecule has 0 spiro atoms. The summed E-state index contributed by atoms with van der Waals surface area (Å²) >= 11 is 6.04. The van der Waals surface area contributed by atoms with E-state index in [4.69, 9.17) is 21.1 Å². The number of anilines is 2. The molecule has 9 aromatic carbocycles. The number of amides is 5. The van der Waals surface area contributed by atoms with Gasteiger partial charge in [-0.2, -0.15) is 0 Å². The van der Waals surface area contributed by atoms with Gasteiger partial charge in [0, 0.05) is 33.6 Å². The maximum absolute atomic E-state index is 12.6. The van der Waals surface area contributed by atoms with Crippen molar-refractivity contribution in [3.05, 3.63) is 290 Å². The number of hydrogen-bond acceptors (Lipinski definition) is 10. The summed E-state index contributed by atoms with van der Waals surface area (Å²) in [7, 11) is 0. The van der Waals surface area contributed by atoms with Crippen molar-refractivity contribution in [2.24, 2.45) is 0 Å². The van der Waals surface area contributed by atoms with Crippen LogP contribution in [0.15, 0.2) is 218 Å². The zero-order chi connectivity index (χ0) is 71.5. The predicted octanol–water partition coefficient (Wildman–Crippen LogP) is 19.4. The molecule has 0 radical (unpaired) electrons. The van der Waals surface area contributed by atoms with Gasteiger partial charge in [0.15, 0.2) is 23.1 Å². The number of aryl methyl sites for hydroxylation is 3. The summed E-state index contributed by atoms with van der Waals surface area (Å²) < 4.78 is 10.8. The Bertz CT molecular complexity index is 4030. The van der Waals surface area contributed by atoms with Gasteiger partial charge in [-0.05, 0) is 209 Å². The van der Waals surface area contributed by atoms with E-state index in [1.165, 1.54) is 26.3 Å². The summed E-state index contributed by atoms with van der Waals surface area (Å²) in [5.41, 5.74) is 11.3. The smallest absolute Gasteiger partial charge is 0.413 e. The van der Waals surface area contributed by atoms with Crippen molar-refractivity contribution in [3.8, 4) is 16.9 Å². The first-order chi connectivity index (χ1) is 46.3. The minimum Gasteiger partial charge on any atom is -0.438 e. The molecule has 0 atom stereocenters. The number of benzene rings is 9. The highest BCUT2D eigenvalue weighted by molar-refractivity contribution is 6.34. The largest absolute Gasteiger partial charge is 0.438 e. The van der Waals surface area contributed by atoms with Crippen molar-refractivity contribution in [1.82, 2.24) is 16.0 Å². The van der Waals surface area contributed by atoms with Crippen molar-refractivity contribution in [1.29, 1.82) is 0 Å². The maximum atomic E-state index is 12.6. The Hall–Kier alpha value is -10.8. The van der Waals surface area contributed by atoms with Gasteiger partial charge in [-0.3, -0.25) is 29.3 Å². The topological polar surface area (TPSA) is 215 Å². The summed E-state index contributed by atoms with van der Waals surface area (Å²) in [6, 6.07) is 67.5. The van der Waals surface area contributed by atoms with E-state index in [-0.39, 0.29) is 48.0 Å². The van der Waals surface area contributed by atoms with Gasteiger partial charge >= 0.3 is 18.2 Å². The lowest BCUT2D eigenvalue weighted by Crippen LogP contribution is -2.42. The molecule has 9 aromatic rings. The van der Waals surface area contributed by atoms with Gasteiger partial charge in [0.05, 0.1) is 28.1 Å². The van der Waals surface area contributed by atoms with Crippen LogP contribution in [0.3, 0.4) is 0 Å². The van der Waals surface area contributed by atoms with Crippen LogP contribution in [0.2, 0.25) is 5.02 Å².